The summed E-state index contributed by atoms with van der Waals surface area (Å²) in [6, 6.07) is 3.97. The molecule has 1 aromatic carbocycles. The van der Waals surface area contributed by atoms with Gasteiger partial charge in [-0.1, -0.05) is 40.2 Å². The molecule has 4 aliphatic carbocycles. The number of benzene rings is 1. The molecule has 2 N–H and O–H groups in total. The molecule has 45 heavy (non-hydrogen) atoms. The van der Waals surface area contributed by atoms with Crippen LogP contribution in [-0.4, -0.2) is 55.5 Å². The highest BCUT2D eigenvalue weighted by molar-refractivity contribution is 7.92. The molecule has 0 unspecified atom stereocenters. The fourth-order valence-corrected chi connectivity index (χ4v) is 11.8. The molecular weight excluding hydrogens is 609 g/mol. The van der Waals surface area contributed by atoms with Crippen molar-refractivity contribution in [1.29, 1.82) is 0 Å². The maximum atomic E-state index is 12.7. The van der Waals surface area contributed by atoms with Gasteiger partial charge in [0.1, 0.15) is 5.75 Å². The fourth-order valence-electron chi connectivity index (χ4n) is 10.6. The second kappa shape index (κ2) is 12.6. The number of hydrogen-bond acceptors (Lipinski definition) is 7. The van der Waals surface area contributed by atoms with Crippen molar-refractivity contribution < 1.29 is 46.1 Å². The standard InChI is InChI=1S/C34H49F3O7S/c1-5-24-28-17-21(38)11-14-33(28,4)27-12-15-32(3)25(9-10-26(32)30(27)31(24)40)20(2)13-16-43-29(39)19-45(41,42)23-8-6-7-22(18-23)44-34(35,36)37/h6-8,18,20-21,24-28,30-31,38,40H,5,9-17,19H2,1-4H3/t20-,21-,24-,25-,26+,27+,28+,30+,31-,32-,33-/m1/s1. The van der Waals surface area contributed by atoms with Crippen molar-refractivity contribution in [2.24, 2.45) is 52.3 Å². The lowest BCUT2D eigenvalue weighted by atomic mass is 9.41. The molecule has 0 spiro atoms. The predicted molar refractivity (Wildman–Crippen MR) is 162 cm³/mol. The van der Waals surface area contributed by atoms with Gasteiger partial charge in [-0.05, 0) is 122 Å². The Morgan fingerprint density at radius 2 is 1.73 bits per heavy atom. The summed E-state index contributed by atoms with van der Waals surface area (Å²) in [6.07, 6.45) is 2.74. The molecule has 0 aromatic heterocycles. The molecule has 0 amide bonds. The molecule has 0 heterocycles. The minimum absolute atomic E-state index is 0.0497. The molecule has 1 aromatic rings. The van der Waals surface area contributed by atoms with Crippen LogP contribution in [0.4, 0.5) is 13.2 Å². The third-order valence-corrected chi connectivity index (χ3v) is 14.3. The first kappa shape index (κ1) is 34.5. The normalized spacial score (nSPS) is 38.9. The van der Waals surface area contributed by atoms with Gasteiger partial charge in [0.2, 0.25) is 0 Å². The number of aliphatic hydroxyl groups is 2. The SMILES string of the molecule is CC[C@H]1[C@@H](O)[C@@H]2[C@H](CC[C@]3(C)[C@@H]([C@H](C)CCOC(=O)CS(=O)(=O)c4cccc(OC(F)(F)F)c4)CC[C@@H]23)[C@@]2(C)CC[C@@H](O)C[C@@H]12. The number of esters is 1. The molecule has 4 saturated carbocycles. The van der Waals surface area contributed by atoms with Crippen LogP contribution in [0, 0.1) is 52.3 Å². The molecule has 11 atom stereocenters. The Balaban J connectivity index is 1.19. The number of carbonyl (C=O) groups excluding carboxylic acids is 1. The van der Waals surface area contributed by atoms with Crippen LogP contribution in [0.25, 0.3) is 0 Å². The van der Waals surface area contributed by atoms with Crippen molar-refractivity contribution in [1.82, 2.24) is 0 Å². The summed E-state index contributed by atoms with van der Waals surface area (Å²) in [4.78, 5) is 12.1. The minimum Gasteiger partial charge on any atom is -0.465 e. The van der Waals surface area contributed by atoms with Crippen LogP contribution in [0.5, 0.6) is 5.75 Å². The highest BCUT2D eigenvalue weighted by Gasteiger charge is 2.64. The number of aliphatic hydroxyl groups excluding tert-OH is 2. The fraction of sp³-hybridized carbons (Fsp3) is 0.794. The minimum atomic E-state index is -4.97. The first-order chi connectivity index (χ1) is 21.0. The molecule has 0 aliphatic heterocycles. The molecule has 7 nitrogen and oxygen atoms in total. The van der Waals surface area contributed by atoms with E-state index < -0.39 is 38.6 Å². The predicted octanol–water partition coefficient (Wildman–Crippen LogP) is 6.56. The van der Waals surface area contributed by atoms with Crippen molar-refractivity contribution in [3.05, 3.63) is 24.3 Å². The molecule has 254 valence electrons. The quantitative estimate of drug-likeness (QED) is 0.290. The number of sulfone groups is 1. The Morgan fingerprint density at radius 1 is 1.04 bits per heavy atom. The summed E-state index contributed by atoms with van der Waals surface area (Å²) >= 11 is 0. The second-order valence-electron chi connectivity index (χ2n) is 14.9. The van der Waals surface area contributed by atoms with Crippen molar-refractivity contribution in [2.45, 2.75) is 109 Å². The molecule has 11 heteroatoms. The Hall–Kier alpha value is -1.85. The molecule has 0 bridgehead atoms. The van der Waals surface area contributed by atoms with Gasteiger partial charge < -0.3 is 19.7 Å². The highest BCUT2D eigenvalue weighted by Crippen LogP contribution is 2.69. The summed E-state index contributed by atoms with van der Waals surface area (Å²) in [5.41, 5.74) is 0.185. The smallest absolute Gasteiger partial charge is 0.465 e. The maximum absolute atomic E-state index is 12.7. The van der Waals surface area contributed by atoms with Crippen LogP contribution in [-0.2, 0) is 19.4 Å². The number of rotatable bonds is 9. The summed E-state index contributed by atoms with van der Waals surface area (Å²) in [5, 5.41) is 22.4. The van der Waals surface area contributed by atoms with Crippen LogP contribution >= 0.6 is 0 Å². The second-order valence-corrected chi connectivity index (χ2v) is 16.9. The van der Waals surface area contributed by atoms with Crippen molar-refractivity contribution in [2.75, 3.05) is 12.4 Å². The Bertz CT molecular complexity index is 1340. The molecular formula is C34H49F3O7S. The maximum Gasteiger partial charge on any atom is 0.573 e. The van der Waals surface area contributed by atoms with E-state index in [1.165, 1.54) is 0 Å². The zero-order valence-electron chi connectivity index (χ0n) is 26.8. The Kier molecular flexibility index (Phi) is 9.68. The van der Waals surface area contributed by atoms with E-state index in [-0.39, 0.29) is 47.4 Å². The van der Waals surface area contributed by atoms with E-state index >= 15 is 0 Å². The topological polar surface area (TPSA) is 110 Å². The number of carbonyl (C=O) groups is 1. The van der Waals surface area contributed by atoms with E-state index in [9.17, 15) is 36.6 Å². The summed E-state index contributed by atoms with van der Waals surface area (Å²) in [7, 11) is -4.23. The lowest BCUT2D eigenvalue weighted by Gasteiger charge is -2.64. The lowest BCUT2D eigenvalue weighted by molar-refractivity contribution is -0.274. The van der Waals surface area contributed by atoms with E-state index in [4.69, 9.17) is 4.74 Å². The van der Waals surface area contributed by atoms with E-state index in [0.717, 1.165) is 75.6 Å². The van der Waals surface area contributed by atoms with E-state index in [0.29, 0.717) is 30.1 Å². The Morgan fingerprint density at radius 3 is 2.42 bits per heavy atom. The number of hydrogen-bond donors (Lipinski definition) is 2. The van der Waals surface area contributed by atoms with Crippen LogP contribution in [0.3, 0.4) is 0 Å². The van der Waals surface area contributed by atoms with Gasteiger partial charge in [-0.3, -0.25) is 4.79 Å². The highest BCUT2D eigenvalue weighted by atomic mass is 32.2. The summed E-state index contributed by atoms with van der Waals surface area (Å²) in [6.45, 7) is 9.19. The van der Waals surface area contributed by atoms with Gasteiger partial charge >= 0.3 is 12.3 Å². The monoisotopic (exact) mass is 658 g/mol. The van der Waals surface area contributed by atoms with Crippen LogP contribution in [0.2, 0.25) is 0 Å². The number of ether oxygens (including phenoxy) is 2. The van der Waals surface area contributed by atoms with Gasteiger partial charge in [0.25, 0.3) is 0 Å². The van der Waals surface area contributed by atoms with Gasteiger partial charge in [0.05, 0.1) is 23.7 Å². The van der Waals surface area contributed by atoms with Crippen LogP contribution in [0.1, 0.15) is 85.5 Å². The van der Waals surface area contributed by atoms with Gasteiger partial charge in [-0.25, -0.2) is 8.42 Å². The molecule has 4 aliphatic rings. The van der Waals surface area contributed by atoms with Crippen molar-refractivity contribution in [3.63, 3.8) is 0 Å². The third-order valence-electron chi connectivity index (χ3n) is 12.7. The van der Waals surface area contributed by atoms with Gasteiger partial charge in [0, 0.05) is 0 Å². The molecule has 4 fully saturated rings. The van der Waals surface area contributed by atoms with Crippen molar-refractivity contribution in [3.8, 4) is 5.75 Å². The molecule has 0 radical (unpaired) electrons. The van der Waals surface area contributed by atoms with Gasteiger partial charge in [-0.2, -0.15) is 0 Å². The largest absolute Gasteiger partial charge is 0.573 e. The van der Waals surface area contributed by atoms with E-state index in [1.54, 1.807) is 0 Å². The van der Waals surface area contributed by atoms with Crippen LogP contribution < -0.4 is 4.74 Å². The van der Waals surface area contributed by atoms with Gasteiger partial charge in [-0.15, -0.1) is 13.2 Å². The third kappa shape index (κ3) is 6.64. The average molecular weight is 659 g/mol. The van der Waals surface area contributed by atoms with Crippen LogP contribution in [0.15, 0.2) is 29.2 Å². The first-order valence-corrected chi connectivity index (χ1v) is 18.3. The van der Waals surface area contributed by atoms with Crippen molar-refractivity contribution >= 4 is 15.8 Å². The summed E-state index contributed by atoms with van der Waals surface area (Å²) in [5.74, 6) is -0.370. The zero-order chi connectivity index (χ0) is 32.9. The number of alkyl halides is 3. The Labute approximate surface area is 265 Å². The zero-order valence-corrected chi connectivity index (χ0v) is 27.6. The van der Waals surface area contributed by atoms with E-state index in [1.807, 2.05) is 0 Å². The first-order valence-electron chi connectivity index (χ1n) is 16.6. The average Bonchev–Trinajstić information content (AvgIpc) is 3.30. The van der Waals surface area contributed by atoms with E-state index in [2.05, 4.69) is 32.4 Å². The number of fused-ring (bicyclic) bond motifs is 5. The number of halogens is 3. The lowest BCUT2D eigenvalue weighted by Crippen LogP contribution is -2.62. The summed E-state index contributed by atoms with van der Waals surface area (Å²) < 4.78 is 72.2. The van der Waals surface area contributed by atoms with Gasteiger partial charge in [0.15, 0.2) is 15.6 Å². The molecule has 0 saturated heterocycles. The molecule has 5 rings (SSSR count).